The van der Waals surface area contributed by atoms with E-state index in [9.17, 15) is 5.11 Å². The Labute approximate surface area is 98.6 Å². The molecular weight excluding hydrogens is 220 g/mol. The predicted octanol–water partition coefficient (Wildman–Crippen LogP) is 0.215. The highest BCUT2D eigenvalue weighted by atomic mass is 16.3. The average Bonchev–Trinajstić information content (AvgIpc) is 2.80. The first-order valence-corrected chi connectivity index (χ1v) is 5.41. The van der Waals surface area contributed by atoms with E-state index in [0.29, 0.717) is 18.7 Å². The SMILES string of the molecule is OCCCn1nnc(CO)c1-c1cccnc1. The molecule has 2 N–H and O–H groups in total. The Kier molecular flexibility index (Phi) is 3.79. The van der Waals surface area contributed by atoms with E-state index in [-0.39, 0.29) is 13.2 Å². The van der Waals surface area contributed by atoms with Crippen LogP contribution in [-0.2, 0) is 13.2 Å². The maximum absolute atomic E-state index is 9.23. The Morgan fingerprint density at radius 1 is 1.29 bits per heavy atom. The van der Waals surface area contributed by atoms with Crippen molar-refractivity contribution < 1.29 is 10.2 Å². The lowest BCUT2D eigenvalue weighted by atomic mass is 10.1. The van der Waals surface area contributed by atoms with Gasteiger partial charge in [-0.2, -0.15) is 0 Å². The summed E-state index contributed by atoms with van der Waals surface area (Å²) in [5.41, 5.74) is 2.14. The summed E-state index contributed by atoms with van der Waals surface area (Å²) in [7, 11) is 0. The molecule has 2 rings (SSSR count). The highest BCUT2D eigenvalue weighted by Crippen LogP contribution is 2.21. The normalized spacial score (nSPS) is 10.7. The first kappa shape index (κ1) is 11.7. The van der Waals surface area contributed by atoms with Gasteiger partial charge in [-0.25, -0.2) is 4.68 Å². The molecule has 2 aromatic rings. The van der Waals surface area contributed by atoms with Crippen molar-refractivity contribution >= 4 is 0 Å². The first-order chi connectivity index (χ1) is 8.36. The molecule has 90 valence electrons. The molecule has 0 aromatic carbocycles. The zero-order valence-electron chi connectivity index (χ0n) is 9.32. The van der Waals surface area contributed by atoms with E-state index in [4.69, 9.17) is 5.11 Å². The van der Waals surface area contributed by atoms with Gasteiger partial charge in [0.2, 0.25) is 0 Å². The standard InChI is InChI=1S/C11H14N4O2/c16-6-2-5-15-11(10(8-17)13-14-15)9-3-1-4-12-7-9/h1,3-4,7,16-17H,2,5-6,8H2. The van der Waals surface area contributed by atoms with Crippen molar-refractivity contribution in [2.75, 3.05) is 6.61 Å². The van der Waals surface area contributed by atoms with Crippen LogP contribution in [0.4, 0.5) is 0 Å². The molecule has 0 spiro atoms. The summed E-state index contributed by atoms with van der Waals surface area (Å²) in [6, 6.07) is 3.71. The number of aryl methyl sites for hydroxylation is 1. The minimum absolute atomic E-state index is 0.0980. The fourth-order valence-electron chi connectivity index (χ4n) is 1.65. The number of aliphatic hydroxyl groups is 2. The molecule has 0 aliphatic rings. The number of hydrogen-bond donors (Lipinski definition) is 2. The van der Waals surface area contributed by atoms with E-state index in [1.165, 1.54) is 0 Å². The van der Waals surface area contributed by atoms with E-state index in [1.54, 1.807) is 17.1 Å². The molecule has 0 saturated heterocycles. The molecule has 0 fully saturated rings. The minimum atomic E-state index is -0.163. The Morgan fingerprint density at radius 2 is 2.18 bits per heavy atom. The summed E-state index contributed by atoms with van der Waals surface area (Å²) in [6.45, 7) is 0.498. The second-order valence-corrected chi connectivity index (χ2v) is 3.58. The van der Waals surface area contributed by atoms with Crippen LogP contribution < -0.4 is 0 Å². The maximum Gasteiger partial charge on any atom is 0.116 e. The Bertz CT molecular complexity index is 470. The van der Waals surface area contributed by atoms with Gasteiger partial charge in [-0.15, -0.1) is 5.10 Å². The van der Waals surface area contributed by atoms with E-state index < -0.39 is 0 Å². The smallest absolute Gasteiger partial charge is 0.116 e. The molecule has 0 unspecified atom stereocenters. The molecule has 17 heavy (non-hydrogen) atoms. The molecule has 0 aliphatic heterocycles. The van der Waals surface area contributed by atoms with Gasteiger partial charge in [-0.05, 0) is 18.6 Å². The Balaban J connectivity index is 2.39. The summed E-state index contributed by atoms with van der Waals surface area (Å²) < 4.78 is 1.68. The summed E-state index contributed by atoms with van der Waals surface area (Å²) in [5.74, 6) is 0. The molecule has 0 radical (unpaired) electrons. The highest BCUT2D eigenvalue weighted by molar-refractivity contribution is 5.60. The van der Waals surface area contributed by atoms with Crippen LogP contribution in [0.15, 0.2) is 24.5 Å². The van der Waals surface area contributed by atoms with Gasteiger partial charge in [0.15, 0.2) is 0 Å². The topological polar surface area (TPSA) is 84.1 Å². The van der Waals surface area contributed by atoms with Gasteiger partial charge in [0.05, 0.1) is 12.3 Å². The fraction of sp³-hybridized carbons (Fsp3) is 0.364. The van der Waals surface area contributed by atoms with E-state index >= 15 is 0 Å². The van der Waals surface area contributed by atoms with Crippen molar-refractivity contribution in [3.63, 3.8) is 0 Å². The van der Waals surface area contributed by atoms with Crippen molar-refractivity contribution in [1.29, 1.82) is 0 Å². The third kappa shape index (κ3) is 2.48. The molecular formula is C11H14N4O2. The van der Waals surface area contributed by atoms with Gasteiger partial charge < -0.3 is 10.2 Å². The second-order valence-electron chi connectivity index (χ2n) is 3.58. The summed E-state index contributed by atoms with van der Waals surface area (Å²) in [6.07, 6.45) is 3.98. The molecule has 2 heterocycles. The van der Waals surface area contributed by atoms with Crippen LogP contribution in [0.5, 0.6) is 0 Å². The Hall–Kier alpha value is -1.79. The van der Waals surface area contributed by atoms with Crippen molar-refractivity contribution in [2.24, 2.45) is 0 Å². The number of rotatable bonds is 5. The summed E-state index contributed by atoms with van der Waals surface area (Å²) in [4.78, 5) is 4.04. The molecule has 0 amide bonds. The van der Waals surface area contributed by atoms with Gasteiger partial charge in [0, 0.05) is 31.1 Å². The van der Waals surface area contributed by atoms with Crippen molar-refractivity contribution in [3.05, 3.63) is 30.2 Å². The second kappa shape index (κ2) is 5.51. The lowest BCUT2D eigenvalue weighted by Gasteiger charge is -2.06. The highest BCUT2D eigenvalue weighted by Gasteiger charge is 2.13. The molecule has 0 bridgehead atoms. The largest absolute Gasteiger partial charge is 0.396 e. The van der Waals surface area contributed by atoms with E-state index in [1.807, 2.05) is 12.1 Å². The van der Waals surface area contributed by atoms with Crippen molar-refractivity contribution in [3.8, 4) is 11.3 Å². The third-order valence-electron chi connectivity index (χ3n) is 2.42. The fourth-order valence-corrected chi connectivity index (χ4v) is 1.65. The average molecular weight is 234 g/mol. The zero-order chi connectivity index (χ0) is 12.1. The lowest BCUT2D eigenvalue weighted by Crippen LogP contribution is -2.05. The molecule has 6 nitrogen and oxygen atoms in total. The maximum atomic E-state index is 9.23. The van der Waals surface area contributed by atoms with Gasteiger partial charge in [0.1, 0.15) is 5.69 Å². The van der Waals surface area contributed by atoms with Crippen LogP contribution in [-0.4, -0.2) is 36.8 Å². The number of nitrogens with zero attached hydrogens (tertiary/aromatic N) is 4. The molecule has 6 heteroatoms. The molecule has 0 aliphatic carbocycles. The van der Waals surface area contributed by atoms with Gasteiger partial charge in [-0.1, -0.05) is 5.21 Å². The van der Waals surface area contributed by atoms with Crippen LogP contribution in [0, 0.1) is 0 Å². The lowest BCUT2D eigenvalue weighted by molar-refractivity contribution is 0.276. The molecule has 0 atom stereocenters. The van der Waals surface area contributed by atoms with Crippen molar-refractivity contribution in [1.82, 2.24) is 20.0 Å². The van der Waals surface area contributed by atoms with E-state index in [2.05, 4.69) is 15.3 Å². The number of pyridine rings is 1. The molecule has 0 saturated carbocycles. The van der Waals surface area contributed by atoms with Crippen LogP contribution in [0.25, 0.3) is 11.3 Å². The Morgan fingerprint density at radius 3 is 2.82 bits per heavy atom. The van der Waals surface area contributed by atoms with Gasteiger partial charge in [0.25, 0.3) is 0 Å². The minimum Gasteiger partial charge on any atom is -0.396 e. The number of aliphatic hydroxyl groups excluding tert-OH is 2. The zero-order valence-corrected chi connectivity index (χ0v) is 9.32. The van der Waals surface area contributed by atoms with Crippen LogP contribution in [0.1, 0.15) is 12.1 Å². The quantitative estimate of drug-likeness (QED) is 0.772. The van der Waals surface area contributed by atoms with Crippen molar-refractivity contribution in [2.45, 2.75) is 19.6 Å². The summed E-state index contributed by atoms with van der Waals surface area (Å²) in [5, 5.41) is 25.9. The monoisotopic (exact) mass is 234 g/mol. The number of hydrogen-bond acceptors (Lipinski definition) is 5. The van der Waals surface area contributed by atoms with Gasteiger partial charge >= 0.3 is 0 Å². The van der Waals surface area contributed by atoms with Gasteiger partial charge in [-0.3, -0.25) is 4.98 Å². The predicted molar refractivity (Wildman–Crippen MR) is 60.9 cm³/mol. The van der Waals surface area contributed by atoms with Crippen LogP contribution in [0.3, 0.4) is 0 Å². The summed E-state index contributed by atoms with van der Waals surface area (Å²) >= 11 is 0. The number of aromatic nitrogens is 4. The van der Waals surface area contributed by atoms with Crippen LogP contribution in [0.2, 0.25) is 0 Å². The first-order valence-electron chi connectivity index (χ1n) is 5.41. The van der Waals surface area contributed by atoms with E-state index in [0.717, 1.165) is 11.3 Å². The van der Waals surface area contributed by atoms with Crippen LogP contribution >= 0.6 is 0 Å². The third-order valence-corrected chi connectivity index (χ3v) is 2.42. The molecule has 2 aromatic heterocycles.